The molecule has 13 nitrogen and oxygen atoms in total. The maximum Gasteiger partial charge on any atom is 0.416 e. The van der Waals surface area contributed by atoms with Crippen LogP contribution < -0.4 is 15.0 Å². The summed E-state index contributed by atoms with van der Waals surface area (Å²) >= 11 is 0. The number of aliphatic hydroxyl groups excluding tert-OH is 1. The monoisotopic (exact) mass is 699 g/mol. The summed E-state index contributed by atoms with van der Waals surface area (Å²) < 4.78 is 18.9. The standard InChI is InChI=1S/C38H49N7O6/c1-37(2,3)50-35(47)43-17-15-26(30(46)23-43)20-40-32-19-33(45-34(42-32)28(21-41-45)25-12-13-25)44(36(48)51-38(4,5)6)22-24-11-14-27(31(18-24)49-7)29-10-8-9-16-39-29/h8-11,14,16,18-19,21,25-26,30,46H,12-13,15,17,20,22-23H2,1-7H3,(H,40,42)/t26-,30+/m1/s1. The molecular formula is C38H49N7O6. The highest BCUT2D eigenvalue weighted by molar-refractivity contribution is 5.88. The molecule has 0 radical (unpaired) electrons. The lowest BCUT2D eigenvalue weighted by molar-refractivity contribution is -0.0104. The van der Waals surface area contributed by atoms with Gasteiger partial charge in [0, 0.05) is 42.4 Å². The van der Waals surface area contributed by atoms with E-state index in [1.54, 1.807) is 33.7 Å². The molecule has 272 valence electrons. The number of aliphatic hydroxyl groups is 1. The fourth-order valence-corrected chi connectivity index (χ4v) is 6.18. The number of nitrogens with zero attached hydrogens (tertiary/aromatic N) is 6. The van der Waals surface area contributed by atoms with E-state index in [4.69, 9.17) is 24.3 Å². The van der Waals surface area contributed by atoms with Gasteiger partial charge in [0.2, 0.25) is 0 Å². The second kappa shape index (κ2) is 14.4. The van der Waals surface area contributed by atoms with Gasteiger partial charge in [-0.15, -0.1) is 0 Å². The Morgan fingerprint density at radius 2 is 1.78 bits per heavy atom. The Balaban J connectivity index is 1.30. The first-order chi connectivity index (χ1) is 24.2. The van der Waals surface area contributed by atoms with Crippen LogP contribution >= 0.6 is 0 Å². The number of methoxy groups -OCH3 is 1. The smallest absolute Gasteiger partial charge is 0.416 e. The van der Waals surface area contributed by atoms with Crippen LogP contribution in [0.4, 0.5) is 21.2 Å². The summed E-state index contributed by atoms with van der Waals surface area (Å²) in [6, 6.07) is 13.3. The van der Waals surface area contributed by atoms with Gasteiger partial charge in [0.25, 0.3) is 0 Å². The average Bonchev–Trinajstić information content (AvgIpc) is 3.83. The molecule has 3 aromatic heterocycles. The van der Waals surface area contributed by atoms with Gasteiger partial charge >= 0.3 is 12.2 Å². The number of hydrogen-bond acceptors (Lipinski definition) is 10. The molecule has 0 bridgehead atoms. The van der Waals surface area contributed by atoms with Crippen LogP contribution in [0.1, 0.15) is 77.8 Å². The van der Waals surface area contributed by atoms with Crippen molar-refractivity contribution in [3.63, 3.8) is 0 Å². The number of carbonyl (C=O) groups is 2. The number of anilines is 2. The minimum absolute atomic E-state index is 0.134. The van der Waals surface area contributed by atoms with Crippen LogP contribution in [0.3, 0.4) is 0 Å². The van der Waals surface area contributed by atoms with Crippen molar-refractivity contribution in [2.45, 2.75) is 90.6 Å². The fourth-order valence-electron chi connectivity index (χ4n) is 6.18. The predicted octanol–water partition coefficient (Wildman–Crippen LogP) is 6.65. The summed E-state index contributed by atoms with van der Waals surface area (Å²) in [6.45, 7) is 12.2. The minimum Gasteiger partial charge on any atom is -0.496 e. The van der Waals surface area contributed by atoms with E-state index >= 15 is 0 Å². The Hall–Kier alpha value is -4.91. The number of amides is 2. The van der Waals surface area contributed by atoms with Crippen LogP contribution in [0.2, 0.25) is 0 Å². The van der Waals surface area contributed by atoms with Gasteiger partial charge in [0.15, 0.2) is 5.65 Å². The first kappa shape index (κ1) is 35.9. The van der Waals surface area contributed by atoms with Gasteiger partial charge < -0.3 is 29.5 Å². The average molecular weight is 700 g/mol. The molecule has 1 aliphatic heterocycles. The molecule has 2 amide bonds. The van der Waals surface area contributed by atoms with Crippen molar-refractivity contribution >= 4 is 29.5 Å². The van der Waals surface area contributed by atoms with Crippen molar-refractivity contribution in [1.29, 1.82) is 0 Å². The highest BCUT2D eigenvalue weighted by Gasteiger charge is 2.34. The molecule has 2 atom stereocenters. The first-order valence-corrected chi connectivity index (χ1v) is 17.6. The van der Waals surface area contributed by atoms with Crippen LogP contribution in [-0.4, -0.2) is 85.8 Å². The van der Waals surface area contributed by atoms with E-state index in [1.165, 1.54) is 0 Å². The van der Waals surface area contributed by atoms with Gasteiger partial charge in [-0.3, -0.25) is 9.88 Å². The van der Waals surface area contributed by atoms with E-state index < -0.39 is 29.5 Å². The van der Waals surface area contributed by atoms with Gasteiger partial charge in [-0.1, -0.05) is 12.1 Å². The Kier molecular flexibility index (Phi) is 10.1. The van der Waals surface area contributed by atoms with Crippen LogP contribution in [0.15, 0.2) is 54.9 Å². The molecule has 1 aliphatic carbocycles. The fraction of sp³-hybridized carbons (Fsp3) is 0.500. The third kappa shape index (κ3) is 8.70. The number of carbonyl (C=O) groups excluding carboxylic acids is 2. The zero-order chi connectivity index (χ0) is 36.5. The van der Waals surface area contributed by atoms with Crippen molar-refractivity contribution in [3.05, 3.63) is 66.0 Å². The number of ether oxygens (including phenoxy) is 3. The van der Waals surface area contributed by atoms with E-state index in [0.29, 0.717) is 48.5 Å². The first-order valence-electron chi connectivity index (χ1n) is 17.6. The molecule has 2 fully saturated rings. The molecule has 13 heteroatoms. The van der Waals surface area contributed by atoms with Crippen LogP contribution in [-0.2, 0) is 16.0 Å². The number of piperidine rings is 1. The second-order valence-electron chi connectivity index (χ2n) is 15.3. The molecule has 1 aromatic carbocycles. The quantitative estimate of drug-likeness (QED) is 0.195. The Morgan fingerprint density at radius 3 is 2.43 bits per heavy atom. The lowest BCUT2D eigenvalue weighted by Gasteiger charge is -2.36. The van der Waals surface area contributed by atoms with E-state index in [2.05, 4.69) is 10.3 Å². The van der Waals surface area contributed by atoms with Crippen LogP contribution in [0.5, 0.6) is 5.75 Å². The lowest BCUT2D eigenvalue weighted by atomic mass is 9.94. The van der Waals surface area contributed by atoms with Gasteiger partial charge in [0.1, 0.15) is 28.6 Å². The zero-order valence-electron chi connectivity index (χ0n) is 30.5. The summed E-state index contributed by atoms with van der Waals surface area (Å²) in [6.07, 6.45) is 4.55. The van der Waals surface area contributed by atoms with Gasteiger partial charge in [-0.25, -0.2) is 14.6 Å². The highest BCUT2D eigenvalue weighted by Crippen LogP contribution is 2.42. The van der Waals surface area contributed by atoms with Crippen molar-refractivity contribution in [2.75, 3.05) is 37.0 Å². The third-order valence-electron chi connectivity index (χ3n) is 8.85. The lowest BCUT2D eigenvalue weighted by Crippen LogP contribution is -2.49. The van der Waals surface area contributed by atoms with Gasteiger partial charge in [0.05, 0.1) is 38.2 Å². The second-order valence-corrected chi connectivity index (χ2v) is 15.3. The van der Waals surface area contributed by atoms with E-state index in [0.717, 1.165) is 35.2 Å². The molecule has 4 heterocycles. The molecular weight excluding hydrogens is 650 g/mol. The SMILES string of the molecule is COc1cc(CN(C(=O)OC(C)(C)C)c2cc(NC[C@H]3CCN(C(=O)OC(C)(C)C)C[C@@H]3O)nc3c(C4CC4)cnn23)ccc1-c1ccccn1. The molecule has 0 spiro atoms. The summed E-state index contributed by atoms with van der Waals surface area (Å²) in [5.41, 5.74) is 2.75. The zero-order valence-corrected chi connectivity index (χ0v) is 30.5. The third-order valence-corrected chi connectivity index (χ3v) is 8.85. The number of benzene rings is 1. The normalized spacial score (nSPS) is 18.0. The molecule has 4 aromatic rings. The number of hydrogen-bond donors (Lipinski definition) is 2. The summed E-state index contributed by atoms with van der Waals surface area (Å²) in [5.74, 6) is 1.87. The summed E-state index contributed by atoms with van der Waals surface area (Å²) in [7, 11) is 1.61. The molecule has 2 N–H and O–H groups in total. The maximum absolute atomic E-state index is 14.0. The number of pyridine rings is 1. The van der Waals surface area contributed by atoms with E-state index in [-0.39, 0.29) is 19.0 Å². The molecule has 51 heavy (non-hydrogen) atoms. The van der Waals surface area contributed by atoms with E-state index in [9.17, 15) is 14.7 Å². The van der Waals surface area contributed by atoms with E-state index in [1.807, 2.05) is 84.1 Å². The number of β-amino-alcohol motifs (C(OH)–C–C–N with tert-alkyl or cyclic N) is 1. The highest BCUT2D eigenvalue weighted by atomic mass is 16.6. The molecule has 0 unspecified atom stereocenters. The van der Waals surface area contributed by atoms with Gasteiger partial charge in [-0.05, 0) is 96.6 Å². The Bertz CT molecular complexity index is 1860. The van der Waals surface area contributed by atoms with Crippen molar-refractivity contribution < 1.29 is 28.9 Å². The van der Waals surface area contributed by atoms with Crippen molar-refractivity contribution in [3.8, 4) is 17.0 Å². The molecule has 6 rings (SSSR count). The molecule has 2 aliphatic rings. The molecule has 1 saturated heterocycles. The number of nitrogens with one attached hydrogen (secondary N) is 1. The predicted molar refractivity (Wildman–Crippen MR) is 194 cm³/mol. The van der Waals surface area contributed by atoms with Crippen LogP contribution in [0, 0.1) is 5.92 Å². The summed E-state index contributed by atoms with van der Waals surface area (Å²) in [5, 5.41) is 19.2. The number of likely N-dealkylation sites (tertiary alicyclic amines) is 1. The Labute approximate surface area is 298 Å². The number of aromatic nitrogens is 4. The van der Waals surface area contributed by atoms with Crippen LogP contribution in [0.25, 0.3) is 16.9 Å². The molecule has 1 saturated carbocycles. The topological polar surface area (TPSA) is 144 Å². The van der Waals surface area contributed by atoms with Crippen molar-refractivity contribution in [2.24, 2.45) is 5.92 Å². The largest absolute Gasteiger partial charge is 0.496 e. The van der Waals surface area contributed by atoms with Crippen molar-refractivity contribution in [1.82, 2.24) is 24.5 Å². The summed E-state index contributed by atoms with van der Waals surface area (Å²) in [4.78, 5) is 39.2. The van der Waals surface area contributed by atoms with Gasteiger partial charge in [-0.2, -0.15) is 9.61 Å². The minimum atomic E-state index is -0.753. The number of rotatable bonds is 9. The maximum atomic E-state index is 14.0. The Morgan fingerprint density at radius 1 is 1.02 bits per heavy atom. The number of fused-ring (bicyclic) bond motifs is 1.